The van der Waals surface area contributed by atoms with Crippen molar-refractivity contribution >= 4 is 23.6 Å². The van der Waals surface area contributed by atoms with Crippen LogP contribution in [0.5, 0.6) is 0 Å². The lowest BCUT2D eigenvalue weighted by atomic mass is 9.79. The molecule has 2 rings (SSSR count). The molecule has 0 aromatic rings. The van der Waals surface area contributed by atoms with Gasteiger partial charge in [0.05, 0.1) is 18.1 Å². The lowest BCUT2D eigenvalue weighted by molar-refractivity contribution is -0.163. The van der Waals surface area contributed by atoms with Gasteiger partial charge in [0, 0.05) is 10.8 Å². The van der Waals surface area contributed by atoms with Crippen LogP contribution in [0.2, 0.25) is 0 Å². The van der Waals surface area contributed by atoms with E-state index in [-0.39, 0.29) is 23.6 Å². The Morgan fingerprint density at radius 1 is 1.38 bits per heavy atom. The predicted octanol–water partition coefficient (Wildman–Crippen LogP) is 1.92. The average Bonchev–Trinajstić information content (AvgIpc) is 2.59. The Morgan fingerprint density at radius 2 is 2.00 bits per heavy atom. The summed E-state index contributed by atoms with van der Waals surface area (Å²) in [6.07, 6.45) is 0.267. The van der Waals surface area contributed by atoms with E-state index < -0.39 is 18.0 Å². The molecule has 0 spiro atoms. The van der Waals surface area contributed by atoms with E-state index in [9.17, 15) is 19.8 Å². The second-order valence-electron chi connectivity index (χ2n) is 6.30. The van der Waals surface area contributed by atoms with Crippen LogP contribution in [-0.4, -0.2) is 44.9 Å². The highest BCUT2D eigenvalue weighted by atomic mass is 32.2. The van der Waals surface area contributed by atoms with Crippen molar-refractivity contribution in [2.75, 3.05) is 5.75 Å². The van der Waals surface area contributed by atoms with Crippen LogP contribution in [0.4, 0.5) is 0 Å². The van der Waals surface area contributed by atoms with Crippen molar-refractivity contribution < 1.29 is 19.8 Å². The standard InChI is InChI=1S/C15H23NO4S/c1-7(2)5-6-21-13-8(3)11-10(9(4)17)14(18)16(11)12(13)15(19)20/h7-11,17H,5-6H2,1-4H3,(H,19,20). The fourth-order valence-corrected chi connectivity index (χ4v) is 4.65. The van der Waals surface area contributed by atoms with Gasteiger partial charge in [-0.05, 0) is 25.0 Å². The predicted molar refractivity (Wildman–Crippen MR) is 81.5 cm³/mol. The summed E-state index contributed by atoms with van der Waals surface area (Å²) in [5.41, 5.74) is 0.128. The molecule has 0 bridgehead atoms. The normalized spacial score (nSPS) is 29.7. The SMILES string of the molecule is CC(C)CCSC1=C(C(=O)O)N2C(=O)C(C(C)O)C2C1C. The molecule has 4 atom stereocenters. The summed E-state index contributed by atoms with van der Waals surface area (Å²) in [4.78, 5) is 25.8. The van der Waals surface area contributed by atoms with Crippen LogP contribution >= 0.6 is 11.8 Å². The molecule has 5 nitrogen and oxygen atoms in total. The molecule has 2 aliphatic heterocycles. The highest BCUT2D eigenvalue weighted by molar-refractivity contribution is 8.03. The van der Waals surface area contributed by atoms with Crippen molar-refractivity contribution in [1.29, 1.82) is 0 Å². The monoisotopic (exact) mass is 313 g/mol. The largest absolute Gasteiger partial charge is 0.477 e. The van der Waals surface area contributed by atoms with Crippen molar-refractivity contribution in [2.45, 2.75) is 46.3 Å². The Hall–Kier alpha value is -1.01. The molecule has 6 heteroatoms. The number of amides is 1. The van der Waals surface area contributed by atoms with Gasteiger partial charge in [0.25, 0.3) is 0 Å². The molecule has 0 aromatic heterocycles. The van der Waals surface area contributed by atoms with Crippen molar-refractivity contribution in [1.82, 2.24) is 4.90 Å². The molecule has 0 saturated carbocycles. The van der Waals surface area contributed by atoms with Crippen molar-refractivity contribution in [3.63, 3.8) is 0 Å². The summed E-state index contributed by atoms with van der Waals surface area (Å²) >= 11 is 1.54. The van der Waals surface area contributed by atoms with Gasteiger partial charge in [0.15, 0.2) is 0 Å². The van der Waals surface area contributed by atoms with Gasteiger partial charge in [0.2, 0.25) is 5.91 Å². The van der Waals surface area contributed by atoms with Gasteiger partial charge in [0.1, 0.15) is 5.70 Å². The Kier molecular flexibility index (Phi) is 4.68. The second-order valence-corrected chi connectivity index (χ2v) is 7.44. The minimum atomic E-state index is -1.05. The summed E-state index contributed by atoms with van der Waals surface area (Å²) < 4.78 is 0. The maximum Gasteiger partial charge on any atom is 0.353 e. The van der Waals surface area contributed by atoms with Crippen molar-refractivity contribution in [3.05, 3.63) is 10.6 Å². The smallest absolute Gasteiger partial charge is 0.353 e. The first-order chi connectivity index (χ1) is 9.77. The lowest BCUT2D eigenvalue weighted by Gasteiger charge is -2.46. The highest BCUT2D eigenvalue weighted by Crippen LogP contribution is 2.50. The van der Waals surface area contributed by atoms with Crippen molar-refractivity contribution in [3.8, 4) is 0 Å². The van der Waals surface area contributed by atoms with Gasteiger partial charge in [-0.15, -0.1) is 11.8 Å². The van der Waals surface area contributed by atoms with Gasteiger partial charge >= 0.3 is 5.97 Å². The Bertz CT molecular complexity index is 486. The number of aliphatic hydroxyl groups is 1. The van der Waals surface area contributed by atoms with E-state index in [2.05, 4.69) is 13.8 Å². The minimum absolute atomic E-state index is 0.0226. The quantitative estimate of drug-likeness (QED) is 0.733. The van der Waals surface area contributed by atoms with Gasteiger partial charge in [-0.1, -0.05) is 20.8 Å². The molecular formula is C15H23NO4S. The maximum absolute atomic E-state index is 12.1. The van der Waals surface area contributed by atoms with Crippen LogP contribution in [0.1, 0.15) is 34.1 Å². The summed E-state index contributed by atoms with van der Waals surface area (Å²) in [6.45, 7) is 7.81. The minimum Gasteiger partial charge on any atom is -0.477 e. The van der Waals surface area contributed by atoms with Crippen LogP contribution in [0.25, 0.3) is 0 Å². The fraction of sp³-hybridized carbons (Fsp3) is 0.733. The first-order valence-corrected chi connectivity index (χ1v) is 8.37. The number of carbonyl (C=O) groups is 2. The number of thioether (sulfide) groups is 1. The number of carbonyl (C=O) groups excluding carboxylic acids is 1. The van der Waals surface area contributed by atoms with E-state index in [1.165, 1.54) is 4.90 Å². The molecule has 2 N–H and O–H groups in total. The number of hydrogen-bond acceptors (Lipinski definition) is 4. The van der Waals surface area contributed by atoms with Gasteiger partial charge in [-0.25, -0.2) is 4.79 Å². The molecule has 1 amide bonds. The first-order valence-electron chi connectivity index (χ1n) is 7.38. The molecule has 0 radical (unpaired) electrons. The zero-order chi connectivity index (χ0) is 15.9. The molecule has 1 fully saturated rings. The Labute approximate surface area is 129 Å². The molecule has 118 valence electrons. The second kappa shape index (κ2) is 6.01. The van der Waals surface area contributed by atoms with E-state index >= 15 is 0 Å². The fourth-order valence-electron chi connectivity index (χ4n) is 3.12. The molecule has 0 aromatic carbocycles. The zero-order valence-electron chi connectivity index (χ0n) is 12.9. The van der Waals surface area contributed by atoms with Crippen LogP contribution in [0, 0.1) is 17.8 Å². The van der Waals surface area contributed by atoms with Crippen LogP contribution < -0.4 is 0 Å². The van der Waals surface area contributed by atoms with Gasteiger partial charge in [-0.3, -0.25) is 4.79 Å². The molecule has 2 heterocycles. The Morgan fingerprint density at radius 3 is 2.48 bits per heavy atom. The summed E-state index contributed by atoms with van der Waals surface area (Å²) in [5, 5.41) is 19.2. The average molecular weight is 313 g/mol. The topological polar surface area (TPSA) is 77.8 Å². The number of nitrogens with zero attached hydrogens (tertiary/aromatic N) is 1. The third kappa shape index (κ3) is 2.71. The maximum atomic E-state index is 12.1. The number of fused-ring (bicyclic) bond motifs is 1. The van der Waals surface area contributed by atoms with E-state index in [1.807, 2.05) is 6.92 Å². The molecule has 2 aliphatic rings. The van der Waals surface area contributed by atoms with E-state index in [0.717, 1.165) is 17.1 Å². The zero-order valence-corrected chi connectivity index (χ0v) is 13.7. The summed E-state index contributed by atoms with van der Waals surface area (Å²) in [5.74, 6) is -0.398. The highest BCUT2D eigenvalue weighted by Gasteiger charge is 2.59. The molecule has 4 unspecified atom stereocenters. The van der Waals surface area contributed by atoms with E-state index in [4.69, 9.17) is 0 Å². The summed E-state index contributed by atoms with van der Waals surface area (Å²) in [6, 6.07) is -0.204. The molecule has 21 heavy (non-hydrogen) atoms. The van der Waals surface area contributed by atoms with E-state index in [1.54, 1.807) is 18.7 Å². The molecule has 0 aliphatic carbocycles. The van der Waals surface area contributed by atoms with Gasteiger partial charge < -0.3 is 15.1 Å². The molecule has 1 saturated heterocycles. The van der Waals surface area contributed by atoms with Gasteiger partial charge in [-0.2, -0.15) is 0 Å². The van der Waals surface area contributed by atoms with Crippen LogP contribution in [-0.2, 0) is 9.59 Å². The van der Waals surface area contributed by atoms with Crippen LogP contribution in [0.3, 0.4) is 0 Å². The number of carboxylic acids is 1. The van der Waals surface area contributed by atoms with Crippen LogP contribution in [0.15, 0.2) is 10.6 Å². The lowest BCUT2D eigenvalue weighted by Crippen LogP contribution is -2.63. The summed E-state index contributed by atoms with van der Waals surface area (Å²) in [7, 11) is 0. The number of aliphatic carboxylic acids is 1. The molecular weight excluding hydrogens is 290 g/mol. The number of carboxylic acid groups (broad SMARTS) is 1. The van der Waals surface area contributed by atoms with E-state index in [0.29, 0.717) is 5.92 Å². The third-order valence-corrected chi connectivity index (χ3v) is 5.58. The number of β-lactam (4-membered cyclic amide) rings is 1. The Balaban J connectivity index is 2.21. The van der Waals surface area contributed by atoms with Crippen molar-refractivity contribution in [2.24, 2.45) is 17.8 Å². The first kappa shape index (κ1) is 16.4. The number of aliphatic hydroxyl groups excluding tert-OH is 1. The third-order valence-electron chi connectivity index (χ3n) is 4.26. The number of rotatable bonds is 6. The number of hydrogen-bond donors (Lipinski definition) is 2.